The van der Waals surface area contributed by atoms with Crippen molar-refractivity contribution in [1.29, 1.82) is 0 Å². The second-order valence-corrected chi connectivity index (χ2v) is 5.30. The predicted molar refractivity (Wildman–Crippen MR) is 86.9 cm³/mol. The highest BCUT2D eigenvalue weighted by molar-refractivity contribution is 6.07. The first-order chi connectivity index (χ1) is 10.7. The zero-order chi connectivity index (χ0) is 15.4. The molecule has 0 unspecified atom stereocenters. The number of allylic oxidation sites excluding steroid dienone is 4. The first-order valence-corrected chi connectivity index (χ1v) is 7.34. The molecule has 0 heterocycles. The molecule has 22 heavy (non-hydrogen) atoms. The zero-order valence-electron chi connectivity index (χ0n) is 12.2. The lowest BCUT2D eigenvalue weighted by Crippen LogP contribution is -2.09. The summed E-state index contributed by atoms with van der Waals surface area (Å²) < 4.78 is 0. The molecule has 0 radical (unpaired) electrons. The first-order valence-electron chi connectivity index (χ1n) is 7.34. The van der Waals surface area contributed by atoms with Crippen molar-refractivity contribution in [1.82, 2.24) is 0 Å². The summed E-state index contributed by atoms with van der Waals surface area (Å²) >= 11 is 0. The lowest BCUT2D eigenvalue weighted by atomic mass is 9.83. The third-order valence-electron chi connectivity index (χ3n) is 3.80. The van der Waals surface area contributed by atoms with Crippen molar-refractivity contribution in [2.24, 2.45) is 0 Å². The SMILES string of the molecule is O=C(C=C1CCC1=CC(=O)c1ccccc1)c1ccccc1. The average Bonchev–Trinajstić information content (AvgIpc) is 2.57. The molecule has 1 aliphatic carbocycles. The Kier molecular flexibility index (Phi) is 4.10. The molecule has 0 bridgehead atoms. The molecule has 0 atom stereocenters. The van der Waals surface area contributed by atoms with E-state index in [9.17, 15) is 9.59 Å². The predicted octanol–water partition coefficient (Wildman–Crippen LogP) is 4.40. The lowest BCUT2D eigenvalue weighted by molar-refractivity contribution is 0.103. The van der Waals surface area contributed by atoms with Gasteiger partial charge in [0.2, 0.25) is 0 Å². The molecular formula is C20H16O2. The Morgan fingerprint density at radius 3 is 1.32 bits per heavy atom. The topological polar surface area (TPSA) is 34.1 Å². The monoisotopic (exact) mass is 288 g/mol. The molecule has 2 aromatic rings. The van der Waals surface area contributed by atoms with Gasteiger partial charge in [-0.2, -0.15) is 0 Å². The van der Waals surface area contributed by atoms with Crippen molar-refractivity contribution >= 4 is 11.6 Å². The molecule has 2 nitrogen and oxygen atoms in total. The number of carbonyl (C=O) groups is 2. The third-order valence-corrected chi connectivity index (χ3v) is 3.80. The van der Waals surface area contributed by atoms with Gasteiger partial charge in [0.15, 0.2) is 11.6 Å². The van der Waals surface area contributed by atoms with E-state index in [-0.39, 0.29) is 11.6 Å². The summed E-state index contributed by atoms with van der Waals surface area (Å²) in [7, 11) is 0. The zero-order valence-corrected chi connectivity index (χ0v) is 12.2. The maximum atomic E-state index is 12.2. The van der Waals surface area contributed by atoms with Crippen LogP contribution in [-0.4, -0.2) is 11.6 Å². The van der Waals surface area contributed by atoms with Crippen molar-refractivity contribution in [3.8, 4) is 0 Å². The van der Waals surface area contributed by atoms with Crippen LogP contribution in [-0.2, 0) is 0 Å². The molecule has 2 aromatic carbocycles. The highest BCUT2D eigenvalue weighted by atomic mass is 16.1. The molecule has 2 heteroatoms. The Balaban J connectivity index is 1.77. The second kappa shape index (κ2) is 6.35. The number of carbonyl (C=O) groups excluding carboxylic acids is 2. The molecule has 0 saturated heterocycles. The van der Waals surface area contributed by atoms with Gasteiger partial charge in [-0.15, -0.1) is 0 Å². The summed E-state index contributed by atoms with van der Waals surface area (Å²) in [6.07, 6.45) is 5.02. The van der Waals surface area contributed by atoms with Crippen LogP contribution in [0.25, 0.3) is 0 Å². The number of benzene rings is 2. The van der Waals surface area contributed by atoms with Crippen molar-refractivity contribution in [3.05, 3.63) is 95.1 Å². The Morgan fingerprint density at radius 1 is 0.636 bits per heavy atom. The highest BCUT2D eigenvalue weighted by Crippen LogP contribution is 2.33. The standard InChI is InChI=1S/C20H16O2/c21-19(15-7-3-1-4-8-15)13-17-11-12-18(17)14-20(22)16-9-5-2-6-10-16/h1-10,13-14H,11-12H2. The van der Waals surface area contributed by atoms with Crippen LogP contribution in [0.5, 0.6) is 0 Å². The minimum absolute atomic E-state index is 0.00615. The molecule has 0 aliphatic heterocycles. The third kappa shape index (κ3) is 3.12. The Hall–Kier alpha value is -2.74. The van der Waals surface area contributed by atoms with Gasteiger partial charge in [-0.25, -0.2) is 0 Å². The van der Waals surface area contributed by atoms with Crippen LogP contribution in [0.3, 0.4) is 0 Å². The summed E-state index contributed by atoms with van der Waals surface area (Å²) in [6, 6.07) is 18.4. The molecule has 0 N–H and O–H groups in total. The van der Waals surface area contributed by atoms with Crippen LogP contribution in [0.2, 0.25) is 0 Å². The van der Waals surface area contributed by atoms with Crippen LogP contribution in [0.15, 0.2) is 84.0 Å². The summed E-state index contributed by atoms with van der Waals surface area (Å²) in [4.78, 5) is 24.3. The molecule has 0 aromatic heterocycles. The number of hydrogen-bond acceptors (Lipinski definition) is 2. The summed E-state index contributed by atoms with van der Waals surface area (Å²) in [6.45, 7) is 0. The first kappa shape index (κ1) is 14.2. The smallest absolute Gasteiger partial charge is 0.186 e. The molecule has 0 amide bonds. The molecule has 0 spiro atoms. The van der Waals surface area contributed by atoms with Crippen molar-refractivity contribution in [2.75, 3.05) is 0 Å². The maximum Gasteiger partial charge on any atom is 0.186 e. The summed E-state index contributed by atoms with van der Waals surface area (Å²) in [5.41, 5.74) is 3.29. The Bertz CT molecular complexity index is 685. The van der Waals surface area contributed by atoms with Gasteiger partial charge in [0.25, 0.3) is 0 Å². The van der Waals surface area contributed by atoms with E-state index < -0.39 is 0 Å². The Morgan fingerprint density at radius 2 is 1.00 bits per heavy atom. The minimum atomic E-state index is -0.00615. The van der Waals surface area contributed by atoms with E-state index in [0.717, 1.165) is 24.0 Å². The van der Waals surface area contributed by atoms with Crippen molar-refractivity contribution in [2.45, 2.75) is 12.8 Å². The van der Waals surface area contributed by atoms with Gasteiger partial charge in [-0.1, -0.05) is 60.7 Å². The van der Waals surface area contributed by atoms with Gasteiger partial charge in [-0.05, 0) is 36.1 Å². The van der Waals surface area contributed by atoms with Gasteiger partial charge in [-0.3, -0.25) is 9.59 Å². The summed E-state index contributed by atoms with van der Waals surface area (Å²) in [5, 5.41) is 0. The van der Waals surface area contributed by atoms with E-state index >= 15 is 0 Å². The number of rotatable bonds is 4. The molecule has 1 saturated carbocycles. The molecule has 1 aliphatic rings. The van der Waals surface area contributed by atoms with Crippen LogP contribution in [0.4, 0.5) is 0 Å². The minimum Gasteiger partial charge on any atom is -0.289 e. The van der Waals surface area contributed by atoms with Crippen LogP contribution < -0.4 is 0 Å². The normalized spacial score (nSPS) is 17.3. The van der Waals surface area contributed by atoms with Gasteiger partial charge >= 0.3 is 0 Å². The highest BCUT2D eigenvalue weighted by Gasteiger charge is 2.19. The van der Waals surface area contributed by atoms with Gasteiger partial charge in [0.1, 0.15) is 0 Å². The van der Waals surface area contributed by atoms with E-state index in [4.69, 9.17) is 0 Å². The summed E-state index contributed by atoms with van der Waals surface area (Å²) in [5.74, 6) is -0.0123. The van der Waals surface area contributed by atoms with Crippen LogP contribution >= 0.6 is 0 Å². The lowest BCUT2D eigenvalue weighted by Gasteiger charge is -2.21. The number of ketones is 2. The van der Waals surface area contributed by atoms with Gasteiger partial charge in [0.05, 0.1) is 0 Å². The fraction of sp³-hybridized carbons (Fsp3) is 0.100. The van der Waals surface area contributed by atoms with E-state index in [1.165, 1.54) is 0 Å². The fourth-order valence-corrected chi connectivity index (χ4v) is 2.43. The van der Waals surface area contributed by atoms with Crippen LogP contribution in [0.1, 0.15) is 33.6 Å². The largest absolute Gasteiger partial charge is 0.289 e. The van der Waals surface area contributed by atoms with E-state index in [1.807, 2.05) is 36.4 Å². The van der Waals surface area contributed by atoms with E-state index in [2.05, 4.69) is 0 Å². The van der Waals surface area contributed by atoms with E-state index in [1.54, 1.807) is 36.4 Å². The van der Waals surface area contributed by atoms with Crippen LogP contribution in [0, 0.1) is 0 Å². The second-order valence-electron chi connectivity index (χ2n) is 5.30. The van der Waals surface area contributed by atoms with E-state index in [0.29, 0.717) is 11.1 Å². The van der Waals surface area contributed by atoms with Gasteiger partial charge < -0.3 is 0 Å². The quantitative estimate of drug-likeness (QED) is 0.617. The fourth-order valence-electron chi connectivity index (χ4n) is 2.43. The molecule has 1 fully saturated rings. The van der Waals surface area contributed by atoms with Gasteiger partial charge in [0, 0.05) is 11.1 Å². The maximum absolute atomic E-state index is 12.2. The number of hydrogen-bond donors (Lipinski definition) is 0. The van der Waals surface area contributed by atoms with Crippen molar-refractivity contribution < 1.29 is 9.59 Å². The average molecular weight is 288 g/mol. The molecular weight excluding hydrogens is 272 g/mol. The molecule has 3 rings (SSSR count). The molecule has 108 valence electrons. The Labute approximate surface area is 129 Å². The van der Waals surface area contributed by atoms with Crippen molar-refractivity contribution in [3.63, 3.8) is 0 Å².